The second-order valence-electron chi connectivity index (χ2n) is 5.89. The van der Waals surface area contributed by atoms with Gasteiger partial charge in [-0.3, -0.25) is 10.1 Å². The Kier molecular flexibility index (Phi) is 3.68. The molecule has 1 amide bonds. The first-order chi connectivity index (χ1) is 10.1. The van der Waals surface area contributed by atoms with Gasteiger partial charge in [0.05, 0.1) is 16.6 Å². The Bertz CT molecular complexity index is 655. The smallest absolute Gasteiger partial charge is 0.246 e. The Hall–Kier alpha value is -1.88. The molecule has 1 aliphatic carbocycles. The van der Waals surface area contributed by atoms with Crippen LogP contribution < -0.4 is 11.1 Å². The van der Waals surface area contributed by atoms with Gasteiger partial charge < -0.3 is 10.3 Å². The molecule has 3 rings (SSSR count). The largest absolute Gasteiger partial charge is 0.317 e. The van der Waals surface area contributed by atoms with Crippen LogP contribution >= 0.6 is 0 Å². The van der Waals surface area contributed by atoms with Crippen molar-refractivity contribution in [2.24, 2.45) is 5.73 Å². The van der Waals surface area contributed by atoms with Crippen LogP contribution in [-0.2, 0) is 11.3 Å². The number of nitrogens with one attached hydrogen (secondary N) is 1. The Morgan fingerprint density at radius 3 is 2.81 bits per heavy atom. The molecule has 0 atom stereocenters. The topological polar surface area (TPSA) is 72.9 Å². The number of para-hydroxylation sites is 2. The molecular weight excluding hydrogens is 264 g/mol. The fourth-order valence-corrected chi connectivity index (χ4v) is 3.08. The molecule has 1 aliphatic rings. The van der Waals surface area contributed by atoms with Crippen LogP contribution in [0, 0.1) is 0 Å². The first kappa shape index (κ1) is 14.1. The summed E-state index contributed by atoms with van der Waals surface area (Å²) in [6.07, 6.45) is 4.54. The number of hydrogen-bond acceptors (Lipinski definition) is 3. The highest BCUT2D eigenvalue weighted by Crippen LogP contribution is 2.29. The van der Waals surface area contributed by atoms with Crippen molar-refractivity contribution in [2.45, 2.75) is 51.1 Å². The molecule has 0 aliphatic heterocycles. The van der Waals surface area contributed by atoms with E-state index in [0.29, 0.717) is 5.95 Å². The lowest BCUT2D eigenvalue weighted by Crippen LogP contribution is -2.49. The van der Waals surface area contributed by atoms with E-state index in [1.54, 1.807) is 0 Å². The number of carbonyl (C=O) groups is 1. The molecule has 21 heavy (non-hydrogen) atoms. The van der Waals surface area contributed by atoms with Gasteiger partial charge in [0.2, 0.25) is 11.9 Å². The molecule has 1 fully saturated rings. The predicted octanol–water partition coefficient (Wildman–Crippen LogP) is 2.66. The molecule has 5 nitrogen and oxygen atoms in total. The third-order valence-electron chi connectivity index (χ3n) is 4.28. The van der Waals surface area contributed by atoms with Crippen LogP contribution in [0.5, 0.6) is 0 Å². The van der Waals surface area contributed by atoms with Crippen LogP contribution in [0.4, 0.5) is 5.95 Å². The van der Waals surface area contributed by atoms with E-state index in [9.17, 15) is 4.79 Å². The fourth-order valence-electron chi connectivity index (χ4n) is 3.08. The van der Waals surface area contributed by atoms with Crippen LogP contribution in [0.25, 0.3) is 11.0 Å². The number of aryl methyl sites for hydroxylation is 1. The van der Waals surface area contributed by atoms with Gasteiger partial charge in [-0.1, -0.05) is 31.9 Å². The van der Waals surface area contributed by atoms with Crippen molar-refractivity contribution < 1.29 is 4.79 Å². The van der Waals surface area contributed by atoms with E-state index in [1.807, 2.05) is 24.3 Å². The molecule has 2 aromatic rings. The van der Waals surface area contributed by atoms with Gasteiger partial charge in [-0.05, 0) is 31.4 Å². The zero-order valence-electron chi connectivity index (χ0n) is 12.4. The van der Waals surface area contributed by atoms with Crippen molar-refractivity contribution >= 4 is 22.9 Å². The highest BCUT2D eigenvalue weighted by atomic mass is 16.2. The van der Waals surface area contributed by atoms with Gasteiger partial charge in [0.15, 0.2) is 0 Å². The predicted molar refractivity (Wildman–Crippen MR) is 84.0 cm³/mol. The van der Waals surface area contributed by atoms with E-state index >= 15 is 0 Å². The molecule has 112 valence electrons. The highest BCUT2D eigenvalue weighted by Gasteiger charge is 2.37. The SMILES string of the molecule is CCCn1c(NC(=O)C2(N)CCCC2)nc2ccccc21. The molecule has 1 saturated carbocycles. The Balaban J connectivity index is 1.92. The maximum absolute atomic E-state index is 12.5. The molecule has 0 unspecified atom stereocenters. The van der Waals surface area contributed by atoms with Gasteiger partial charge in [-0.2, -0.15) is 0 Å². The summed E-state index contributed by atoms with van der Waals surface area (Å²) in [5.74, 6) is 0.507. The van der Waals surface area contributed by atoms with Crippen LogP contribution in [0.1, 0.15) is 39.0 Å². The van der Waals surface area contributed by atoms with E-state index in [1.165, 1.54) is 0 Å². The Morgan fingerprint density at radius 2 is 2.10 bits per heavy atom. The average molecular weight is 286 g/mol. The maximum Gasteiger partial charge on any atom is 0.246 e. The van der Waals surface area contributed by atoms with E-state index in [2.05, 4.69) is 21.8 Å². The molecule has 1 heterocycles. The van der Waals surface area contributed by atoms with E-state index < -0.39 is 5.54 Å². The van der Waals surface area contributed by atoms with Crippen molar-refractivity contribution in [3.63, 3.8) is 0 Å². The van der Waals surface area contributed by atoms with Gasteiger partial charge in [-0.15, -0.1) is 0 Å². The number of rotatable bonds is 4. The second kappa shape index (κ2) is 5.48. The molecule has 1 aromatic carbocycles. The maximum atomic E-state index is 12.5. The summed E-state index contributed by atoms with van der Waals surface area (Å²) in [7, 11) is 0. The lowest BCUT2D eigenvalue weighted by molar-refractivity contribution is -0.121. The molecule has 0 bridgehead atoms. The number of nitrogens with zero attached hydrogens (tertiary/aromatic N) is 2. The Labute approximate surface area is 124 Å². The van der Waals surface area contributed by atoms with Gasteiger partial charge >= 0.3 is 0 Å². The first-order valence-corrected chi connectivity index (χ1v) is 7.70. The van der Waals surface area contributed by atoms with Crippen molar-refractivity contribution in [1.82, 2.24) is 9.55 Å². The third kappa shape index (κ3) is 2.53. The van der Waals surface area contributed by atoms with E-state index in [4.69, 9.17) is 5.73 Å². The van der Waals surface area contributed by atoms with Crippen molar-refractivity contribution in [2.75, 3.05) is 5.32 Å². The number of amides is 1. The zero-order chi connectivity index (χ0) is 14.9. The van der Waals surface area contributed by atoms with Gasteiger partial charge in [0.1, 0.15) is 0 Å². The summed E-state index contributed by atoms with van der Waals surface area (Å²) in [4.78, 5) is 17.0. The van der Waals surface area contributed by atoms with Gasteiger partial charge in [-0.25, -0.2) is 4.98 Å². The van der Waals surface area contributed by atoms with E-state index in [0.717, 1.165) is 49.7 Å². The molecule has 5 heteroatoms. The fraction of sp³-hybridized carbons (Fsp3) is 0.500. The normalized spacial score (nSPS) is 17.2. The lowest BCUT2D eigenvalue weighted by Gasteiger charge is -2.22. The number of imidazole rings is 1. The third-order valence-corrected chi connectivity index (χ3v) is 4.28. The summed E-state index contributed by atoms with van der Waals surface area (Å²) in [5, 5.41) is 2.96. The number of carbonyl (C=O) groups excluding carboxylic acids is 1. The minimum Gasteiger partial charge on any atom is -0.317 e. The van der Waals surface area contributed by atoms with Crippen LogP contribution in [-0.4, -0.2) is 21.0 Å². The molecule has 1 aromatic heterocycles. The summed E-state index contributed by atoms with van der Waals surface area (Å²) in [6.45, 7) is 2.94. The summed E-state index contributed by atoms with van der Waals surface area (Å²) in [5.41, 5.74) is 7.44. The molecule has 0 saturated heterocycles. The summed E-state index contributed by atoms with van der Waals surface area (Å²) < 4.78 is 2.06. The molecule has 0 radical (unpaired) electrons. The number of fused-ring (bicyclic) bond motifs is 1. The van der Waals surface area contributed by atoms with Gasteiger partial charge in [0, 0.05) is 6.54 Å². The number of nitrogens with two attached hydrogens (primary N) is 1. The van der Waals surface area contributed by atoms with E-state index in [-0.39, 0.29) is 5.91 Å². The number of anilines is 1. The average Bonchev–Trinajstić information content (AvgIpc) is 3.06. The minimum absolute atomic E-state index is 0.104. The summed E-state index contributed by atoms with van der Waals surface area (Å²) in [6, 6.07) is 7.94. The quantitative estimate of drug-likeness (QED) is 0.907. The van der Waals surface area contributed by atoms with Crippen LogP contribution in [0.3, 0.4) is 0 Å². The summed E-state index contributed by atoms with van der Waals surface area (Å²) >= 11 is 0. The molecule has 3 N–H and O–H groups in total. The second-order valence-corrected chi connectivity index (χ2v) is 5.89. The number of hydrogen-bond donors (Lipinski definition) is 2. The van der Waals surface area contributed by atoms with Crippen molar-refractivity contribution in [1.29, 1.82) is 0 Å². The van der Waals surface area contributed by atoms with Crippen LogP contribution in [0.15, 0.2) is 24.3 Å². The lowest BCUT2D eigenvalue weighted by atomic mass is 9.98. The highest BCUT2D eigenvalue weighted by molar-refractivity contribution is 5.98. The first-order valence-electron chi connectivity index (χ1n) is 7.70. The Morgan fingerprint density at radius 1 is 1.38 bits per heavy atom. The van der Waals surface area contributed by atoms with Gasteiger partial charge in [0.25, 0.3) is 0 Å². The molecule has 0 spiro atoms. The molecular formula is C16H22N4O. The number of aromatic nitrogens is 2. The number of benzene rings is 1. The zero-order valence-corrected chi connectivity index (χ0v) is 12.4. The monoisotopic (exact) mass is 286 g/mol. The standard InChI is InChI=1S/C16H22N4O/c1-2-11-20-13-8-4-3-7-12(13)18-15(20)19-14(21)16(17)9-5-6-10-16/h3-4,7-8H,2,5-6,9-11,17H2,1H3,(H,18,19,21). The van der Waals surface area contributed by atoms with Crippen molar-refractivity contribution in [3.05, 3.63) is 24.3 Å². The van der Waals surface area contributed by atoms with Crippen molar-refractivity contribution in [3.8, 4) is 0 Å². The van der Waals surface area contributed by atoms with Crippen LogP contribution in [0.2, 0.25) is 0 Å². The minimum atomic E-state index is -0.727.